The SMILES string of the molecule is CC1OC(OC2C(C)OC(O)C(OC3OC(CO)C(O)C(O)C3O)C2O)C(O)C(O)C1O. The van der Waals surface area contributed by atoms with Gasteiger partial charge >= 0.3 is 0 Å². The van der Waals surface area contributed by atoms with E-state index in [-0.39, 0.29) is 0 Å². The normalized spacial score (nSPS) is 55.0. The minimum Gasteiger partial charge on any atom is -0.394 e. The maximum Gasteiger partial charge on any atom is 0.187 e. The van der Waals surface area contributed by atoms with E-state index >= 15 is 0 Å². The Bertz CT molecular complexity index is 608. The van der Waals surface area contributed by atoms with E-state index in [1.165, 1.54) is 13.8 Å². The lowest BCUT2D eigenvalue weighted by molar-refractivity contribution is -0.378. The summed E-state index contributed by atoms with van der Waals surface area (Å²) in [6, 6.07) is 0. The van der Waals surface area contributed by atoms with Crippen molar-refractivity contribution in [3.63, 3.8) is 0 Å². The fraction of sp³-hybridized carbons (Fsp3) is 1.00. The highest BCUT2D eigenvalue weighted by Crippen LogP contribution is 2.32. The summed E-state index contributed by atoms with van der Waals surface area (Å²) in [6.45, 7) is 2.19. The molecule has 15 unspecified atom stereocenters. The number of ether oxygens (including phenoxy) is 5. The summed E-state index contributed by atoms with van der Waals surface area (Å²) in [6.07, 6.45) is -22.2. The van der Waals surface area contributed by atoms with Crippen LogP contribution >= 0.6 is 0 Å². The Labute approximate surface area is 183 Å². The zero-order valence-corrected chi connectivity index (χ0v) is 17.4. The first-order valence-corrected chi connectivity index (χ1v) is 10.3. The van der Waals surface area contributed by atoms with Crippen LogP contribution in [-0.2, 0) is 23.7 Å². The lowest BCUT2D eigenvalue weighted by Crippen LogP contribution is -2.65. The molecule has 14 heteroatoms. The van der Waals surface area contributed by atoms with E-state index in [9.17, 15) is 46.0 Å². The van der Waals surface area contributed by atoms with Crippen molar-refractivity contribution in [2.45, 2.75) is 106 Å². The molecule has 3 aliphatic rings. The summed E-state index contributed by atoms with van der Waals surface area (Å²) in [5.74, 6) is 0. The summed E-state index contributed by atoms with van der Waals surface area (Å²) in [5, 5.41) is 90.1. The van der Waals surface area contributed by atoms with Crippen LogP contribution in [0.1, 0.15) is 13.8 Å². The van der Waals surface area contributed by atoms with E-state index in [2.05, 4.69) is 0 Å². The van der Waals surface area contributed by atoms with Gasteiger partial charge in [0.1, 0.15) is 61.0 Å². The zero-order chi connectivity index (χ0) is 23.9. The van der Waals surface area contributed by atoms with Crippen molar-refractivity contribution in [1.29, 1.82) is 0 Å². The highest BCUT2D eigenvalue weighted by Gasteiger charge is 2.52. The van der Waals surface area contributed by atoms with Gasteiger partial charge in [-0.15, -0.1) is 0 Å². The maximum absolute atomic E-state index is 10.8. The molecule has 0 saturated carbocycles. The van der Waals surface area contributed by atoms with Crippen molar-refractivity contribution in [1.82, 2.24) is 0 Å². The molecule has 0 aromatic carbocycles. The average molecular weight is 472 g/mol. The standard InChI is InChI=1S/C18H32O14/c1-4-7(20)9(22)11(24)17(29-4)31-14-5(2)28-16(27)15(13(14)26)32-18-12(25)10(23)8(21)6(3-19)30-18/h4-27H,3H2,1-2H3. The zero-order valence-electron chi connectivity index (χ0n) is 17.4. The van der Waals surface area contributed by atoms with Gasteiger partial charge in [-0.05, 0) is 13.8 Å². The Kier molecular flexibility index (Phi) is 8.44. The molecule has 14 nitrogen and oxygen atoms in total. The molecule has 32 heavy (non-hydrogen) atoms. The van der Waals surface area contributed by atoms with Crippen molar-refractivity contribution in [2.24, 2.45) is 0 Å². The molecule has 0 aromatic heterocycles. The summed E-state index contributed by atoms with van der Waals surface area (Å²) in [4.78, 5) is 0. The van der Waals surface area contributed by atoms with Gasteiger partial charge in [0.15, 0.2) is 18.9 Å². The largest absolute Gasteiger partial charge is 0.394 e. The number of hydrogen-bond donors (Lipinski definition) is 9. The Balaban J connectivity index is 1.71. The number of aliphatic hydroxyl groups is 9. The molecule has 9 N–H and O–H groups in total. The maximum atomic E-state index is 10.8. The van der Waals surface area contributed by atoms with Crippen LogP contribution < -0.4 is 0 Å². The van der Waals surface area contributed by atoms with Crippen molar-refractivity contribution in [3.05, 3.63) is 0 Å². The second-order valence-corrected chi connectivity index (χ2v) is 8.30. The van der Waals surface area contributed by atoms with Crippen LogP contribution in [0.5, 0.6) is 0 Å². The summed E-state index contributed by atoms with van der Waals surface area (Å²) in [7, 11) is 0. The Hall–Kier alpha value is -0.560. The third-order valence-electron chi connectivity index (χ3n) is 6.01. The molecule has 3 fully saturated rings. The van der Waals surface area contributed by atoms with Crippen LogP contribution in [0.4, 0.5) is 0 Å². The quantitative estimate of drug-likeness (QED) is 0.182. The van der Waals surface area contributed by atoms with E-state index in [4.69, 9.17) is 23.7 Å². The fourth-order valence-electron chi connectivity index (χ4n) is 3.96. The molecule has 3 heterocycles. The van der Waals surface area contributed by atoms with Gasteiger partial charge in [0.05, 0.1) is 18.8 Å². The van der Waals surface area contributed by atoms with Crippen molar-refractivity contribution < 1.29 is 69.6 Å². The summed E-state index contributed by atoms with van der Waals surface area (Å²) >= 11 is 0. The lowest BCUT2D eigenvalue weighted by atomic mass is 9.96. The van der Waals surface area contributed by atoms with E-state index < -0.39 is 98.7 Å². The fourth-order valence-corrected chi connectivity index (χ4v) is 3.96. The number of hydrogen-bond acceptors (Lipinski definition) is 14. The van der Waals surface area contributed by atoms with Gasteiger partial charge in [-0.1, -0.05) is 0 Å². The van der Waals surface area contributed by atoms with Gasteiger partial charge in [0, 0.05) is 0 Å². The topological polar surface area (TPSA) is 228 Å². The second-order valence-electron chi connectivity index (χ2n) is 8.30. The highest BCUT2D eigenvalue weighted by atomic mass is 16.7. The minimum atomic E-state index is -1.79. The Morgan fingerprint density at radius 2 is 1.09 bits per heavy atom. The molecule has 15 atom stereocenters. The number of aliphatic hydroxyl groups excluding tert-OH is 9. The van der Waals surface area contributed by atoms with Crippen LogP contribution in [-0.4, -0.2) is 145 Å². The highest BCUT2D eigenvalue weighted by molar-refractivity contribution is 4.94. The smallest absolute Gasteiger partial charge is 0.187 e. The monoisotopic (exact) mass is 472 g/mol. The van der Waals surface area contributed by atoms with Gasteiger partial charge in [0.2, 0.25) is 0 Å². The van der Waals surface area contributed by atoms with Crippen LogP contribution in [0, 0.1) is 0 Å². The van der Waals surface area contributed by atoms with Crippen LogP contribution in [0.2, 0.25) is 0 Å². The average Bonchev–Trinajstić information content (AvgIpc) is 2.75. The van der Waals surface area contributed by atoms with E-state index in [0.29, 0.717) is 0 Å². The van der Waals surface area contributed by atoms with Crippen molar-refractivity contribution >= 4 is 0 Å². The predicted octanol–water partition coefficient (Wildman–Crippen LogP) is -5.52. The molecule has 0 aliphatic carbocycles. The molecular formula is C18H32O14. The number of rotatable bonds is 5. The molecule has 0 bridgehead atoms. The summed E-state index contributed by atoms with van der Waals surface area (Å²) < 4.78 is 26.9. The first-order valence-electron chi connectivity index (χ1n) is 10.3. The van der Waals surface area contributed by atoms with Crippen LogP contribution in [0.3, 0.4) is 0 Å². The molecule has 0 spiro atoms. The van der Waals surface area contributed by atoms with Gasteiger partial charge in [0.25, 0.3) is 0 Å². The lowest BCUT2D eigenvalue weighted by Gasteiger charge is -2.47. The van der Waals surface area contributed by atoms with E-state index in [0.717, 1.165) is 0 Å². The molecule has 0 aromatic rings. The Morgan fingerprint density at radius 1 is 0.562 bits per heavy atom. The van der Waals surface area contributed by atoms with Gasteiger partial charge < -0.3 is 69.6 Å². The van der Waals surface area contributed by atoms with Crippen molar-refractivity contribution in [2.75, 3.05) is 6.61 Å². The predicted molar refractivity (Wildman–Crippen MR) is 98.4 cm³/mol. The molecule has 3 rings (SSSR count). The van der Waals surface area contributed by atoms with Gasteiger partial charge in [-0.2, -0.15) is 0 Å². The third-order valence-corrected chi connectivity index (χ3v) is 6.01. The Morgan fingerprint density at radius 3 is 1.69 bits per heavy atom. The second kappa shape index (κ2) is 10.4. The van der Waals surface area contributed by atoms with Crippen LogP contribution in [0.25, 0.3) is 0 Å². The van der Waals surface area contributed by atoms with E-state index in [1.54, 1.807) is 0 Å². The van der Waals surface area contributed by atoms with Crippen molar-refractivity contribution in [3.8, 4) is 0 Å². The van der Waals surface area contributed by atoms with Crippen LogP contribution in [0.15, 0.2) is 0 Å². The first kappa shape index (κ1) is 26.1. The molecule has 3 aliphatic heterocycles. The molecular weight excluding hydrogens is 440 g/mol. The van der Waals surface area contributed by atoms with Gasteiger partial charge in [-0.3, -0.25) is 0 Å². The third kappa shape index (κ3) is 4.94. The first-order chi connectivity index (χ1) is 15.0. The summed E-state index contributed by atoms with van der Waals surface area (Å²) in [5.41, 5.74) is 0. The molecule has 188 valence electrons. The van der Waals surface area contributed by atoms with E-state index in [1.807, 2.05) is 0 Å². The minimum absolute atomic E-state index is 0.705. The van der Waals surface area contributed by atoms with Gasteiger partial charge in [-0.25, -0.2) is 0 Å². The molecule has 3 saturated heterocycles. The molecule has 0 radical (unpaired) electrons. The molecule has 0 amide bonds.